The molecule has 1 aromatic rings. The molecule has 0 unspecified atom stereocenters. The van der Waals surface area contributed by atoms with E-state index >= 15 is 0 Å². The van der Waals surface area contributed by atoms with Gasteiger partial charge in [0.25, 0.3) is 0 Å². The molecule has 0 spiro atoms. The average Bonchev–Trinajstić information content (AvgIpc) is 2.40. The Bertz CT molecular complexity index is 387. The van der Waals surface area contributed by atoms with Crippen molar-refractivity contribution in [3.05, 3.63) is 29.8 Å². The fourth-order valence-corrected chi connectivity index (χ4v) is 1.98. The lowest BCUT2D eigenvalue weighted by Gasteiger charge is -2.21. The van der Waals surface area contributed by atoms with E-state index in [1.54, 1.807) is 0 Å². The van der Waals surface area contributed by atoms with Gasteiger partial charge in [0.15, 0.2) is 0 Å². The SMILES string of the molecule is NCc1cccc(NC(=O)C2CCOCC2)c1. The zero-order valence-electron chi connectivity index (χ0n) is 9.82. The lowest BCUT2D eigenvalue weighted by atomic mass is 9.99. The number of hydrogen-bond donors (Lipinski definition) is 2. The zero-order valence-corrected chi connectivity index (χ0v) is 9.82. The van der Waals surface area contributed by atoms with E-state index < -0.39 is 0 Å². The van der Waals surface area contributed by atoms with Crippen LogP contribution in [0.15, 0.2) is 24.3 Å². The van der Waals surface area contributed by atoms with E-state index in [2.05, 4.69) is 5.32 Å². The minimum Gasteiger partial charge on any atom is -0.381 e. The van der Waals surface area contributed by atoms with Gasteiger partial charge in [-0.3, -0.25) is 4.79 Å². The van der Waals surface area contributed by atoms with Gasteiger partial charge in [-0.2, -0.15) is 0 Å². The summed E-state index contributed by atoms with van der Waals surface area (Å²) in [6, 6.07) is 7.65. The molecule has 4 nitrogen and oxygen atoms in total. The molecule has 1 aliphatic rings. The number of hydrogen-bond acceptors (Lipinski definition) is 3. The molecule has 0 saturated carbocycles. The smallest absolute Gasteiger partial charge is 0.227 e. The van der Waals surface area contributed by atoms with Crippen LogP contribution in [0.25, 0.3) is 0 Å². The molecular formula is C13H18N2O2. The predicted molar refractivity (Wildman–Crippen MR) is 66.5 cm³/mol. The molecule has 0 bridgehead atoms. The first-order valence-corrected chi connectivity index (χ1v) is 5.97. The number of ether oxygens (including phenoxy) is 1. The Balaban J connectivity index is 1.96. The van der Waals surface area contributed by atoms with Crippen LogP contribution >= 0.6 is 0 Å². The molecule has 0 aromatic heterocycles. The van der Waals surface area contributed by atoms with E-state index in [-0.39, 0.29) is 11.8 Å². The van der Waals surface area contributed by atoms with E-state index in [9.17, 15) is 4.79 Å². The van der Waals surface area contributed by atoms with Gasteiger partial charge in [-0.1, -0.05) is 12.1 Å². The Labute approximate surface area is 101 Å². The van der Waals surface area contributed by atoms with Crippen molar-refractivity contribution < 1.29 is 9.53 Å². The molecule has 1 fully saturated rings. The van der Waals surface area contributed by atoms with Crippen LogP contribution in [0.5, 0.6) is 0 Å². The molecule has 92 valence electrons. The third-order valence-corrected chi connectivity index (χ3v) is 3.02. The van der Waals surface area contributed by atoms with E-state index in [0.29, 0.717) is 19.8 Å². The molecule has 1 aromatic carbocycles. The van der Waals surface area contributed by atoms with Gasteiger partial charge in [0.1, 0.15) is 0 Å². The number of amides is 1. The second-order valence-electron chi connectivity index (χ2n) is 4.28. The van der Waals surface area contributed by atoms with Crippen molar-refractivity contribution in [2.24, 2.45) is 11.7 Å². The number of anilines is 1. The fraction of sp³-hybridized carbons (Fsp3) is 0.462. The first-order valence-electron chi connectivity index (χ1n) is 5.97. The number of rotatable bonds is 3. The minimum absolute atomic E-state index is 0.0743. The van der Waals surface area contributed by atoms with Crippen molar-refractivity contribution in [3.63, 3.8) is 0 Å². The highest BCUT2D eigenvalue weighted by Crippen LogP contribution is 2.18. The highest BCUT2D eigenvalue weighted by Gasteiger charge is 2.21. The number of benzene rings is 1. The Kier molecular flexibility index (Phi) is 4.12. The van der Waals surface area contributed by atoms with Crippen LogP contribution < -0.4 is 11.1 Å². The zero-order chi connectivity index (χ0) is 12.1. The summed E-state index contributed by atoms with van der Waals surface area (Å²) in [5, 5.41) is 2.94. The van der Waals surface area contributed by atoms with Gasteiger partial charge in [0.05, 0.1) is 0 Å². The van der Waals surface area contributed by atoms with Crippen molar-refractivity contribution >= 4 is 11.6 Å². The summed E-state index contributed by atoms with van der Waals surface area (Å²) in [7, 11) is 0. The Morgan fingerprint density at radius 1 is 1.41 bits per heavy atom. The predicted octanol–water partition coefficient (Wildman–Crippen LogP) is 1.51. The van der Waals surface area contributed by atoms with Crippen LogP contribution in [0.3, 0.4) is 0 Å². The van der Waals surface area contributed by atoms with Gasteiger partial charge in [-0.15, -0.1) is 0 Å². The van der Waals surface area contributed by atoms with Crippen molar-refractivity contribution in [2.45, 2.75) is 19.4 Å². The van der Waals surface area contributed by atoms with E-state index in [4.69, 9.17) is 10.5 Å². The van der Waals surface area contributed by atoms with Crippen LogP contribution in [0, 0.1) is 5.92 Å². The standard InChI is InChI=1S/C13H18N2O2/c14-9-10-2-1-3-12(8-10)15-13(16)11-4-6-17-7-5-11/h1-3,8,11H,4-7,9,14H2,(H,15,16). The maximum atomic E-state index is 12.0. The number of nitrogens with one attached hydrogen (secondary N) is 1. The van der Waals surface area contributed by atoms with Gasteiger partial charge in [-0.05, 0) is 30.5 Å². The molecule has 0 atom stereocenters. The molecule has 2 rings (SSSR count). The third kappa shape index (κ3) is 3.28. The number of carbonyl (C=O) groups excluding carboxylic acids is 1. The summed E-state index contributed by atoms with van der Waals surface area (Å²) in [6.07, 6.45) is 1.62. The molecular weight excluding hydrogens is 216 g/mol. The average molecular weight is 234 g/mol. The van der Waals surface area contributed by atoms with Crippen LogP contribution in [-0.4, -0.2) is 19.1 Å². The monoisotopic (exact) mass is 234 g/mol. The van der Waals surface area contributed by atoms with Gasteiger partial charge >= 0.3 is 0 Å². The molecule has 0 radical (unpaired) electrons. The topological polar surface area (TPSA) is 64.3 Å². The maximum absolute atomic E-state index is 12.0. The molecule has 3 N–H and O–H groups in total. The Morgan fingerprint density at radius 3 is 2.88 bits per heavy atom. The summed E-state index contributed by atoms with van der Waals surface area (Å²) < 4.78 is 5.24. The van der Waals surface area contributed by atoms with Crippen molar-refractivity contribution in [3.8, 4) is 0 Å². The van der Waals surface area contributed by atoms with Crippen LogP contribution in [0.2, 0.25) is 0 Å². The molecule has 17 heavy (non-hydrogen) atoms. The second-order valence-corrected chi connectivity index (χ2v) is 4.28. The first kappa shape index (κ1) is 12.1. The third-order valence-electron chi connectivity index (χ3n) is 3.02. The molecule has 1 heterocycles. The van der Waals surface area contributed by atoms with Crippen LogP contribution in [0.4, 0.5) is 5.69 Å². The lowest BCUT2D eigenvalue weighted by Crippen LogP contribution is -2.28. The van der Waals surface area contributed by atoms with Crippen molar-refractivity contribution in [1.82, 2.24) is 0 Å². The fourth-order valence-electron chi connectivity index (χ4n) is 1.98. The second kappa shape index (κ2) is 5.80. The van der Waals surface area contributed by atoms with Crippen LogP contribution in [0.1, 0.15) is 18.4 Å². The minimum atomic E-state index is 0.0743. The molecule has 4 heteroatoms. The van der Waals surface area contributed by atoms with Gasteiger partial charge in [0, 0.05) is 31.4 Å². The van der Waals surface area contributed by atoms with E-state index in [1.165, 1.54) is 0 Å². The highest BCUT2D eigenvalue weighted by atomic mass is 16.5. The first-order chi connectivity index (χ1) is 8.29. The van der Waals surface area contributed by atoms with Crippen LogP contribution in [-0.2, 0) is 16.1 Å². The largest absolute Gasteiger partial charge is 0.381 e. The Hall–Kier alpha value is -1.39. The lowest BCUT2D eigenvalue weighted by molar-refractivity contribution is -0.122. The molecule has 1 saturated heterocycles. The summed E-state index contributed by atoms with van der Waals surface area (Å²) in [4.78, 5) is 12.0. The quantitative estimate of drug-likeness (QED) is 0.833. The summed E-state index contributed by atoms with van der Waals surface area (Å²) in [6.45, 7) is 1.85. The molecule has 1 amide bonds. The molecule has 1 aliphatic heterocycles. The highest BCUT2D eigenvalue weighted by molar-refractivity contribution is 5.92. The van der Waals surface area contributed by atoms with Gasteiger partial charge < -0.3 is 15.8 Å². The summed E-state index contributed by atoms with van der Waals surface area (Å²) in [5.74, 6) is 0.160. The van der Waals surface area contributed by atoms with E-state index in [1.807, 2.05) is 24.3 Å². The maximum Gasteiger partial charge on any atom is 0.227 e. The summed E-state index contributed by atoms with van der Waals surface area (Å²) >= 11 is 0. The molecule has 0 aliphatic carbocycles. The van der Waals surface area contributed by atoms with Gasteiger partial charge in [-0.25, -0.2) is 0 Å². The normalized spacial score (nSPS) is 16.8. The Morgan fingerprint density at radius 2 is 2.18 bits per heavy atom. The van der Waals surface area contributed by atoms with Crippen molar-refractivity contribution in [2.75, 3.05) is 18.5 Å². The van der Waals surface area contributed by atoms with E-state index in [0.717, 1.165) is 24.1 Å². The summed E-state index contributed by atoms with van der Waals surface area (Å²) in [5.41, 5.74) is 7.41. The number of carbonyl (C=O) groups is 1. The number of nitrogens with two attached hydrogens (primary N) is 1. The van der Waals surface area contributed by atoms with Gasteiger partial charge in [0.2, 0.25) is 5.91 Å². The van der Waals surface area contributed by atoms with Crippen molar-refractivity contribution in [1.29, 1.82) is 0 Å².